The van der Waals surface area contributed by atoms with Gasteiger partial charge in [-0.05, 0) is 51.3 Å². The first-order valence-electron chi connectivity index (χ1n) is 9.61. The predicted molar refractivity (Wildman–Crippen MR) is 108 cm³/mol. The first-order valence-corrected chi connectivity index (χ1v) is 9.61. The number of carbonyl (C=O) groups excluding carboxylic acids is 2. The summed E-state index contributed by atoms with van der Waals surface area (Å²) >= 11 is 0. The smallest absolute Gasteiger partial charge is 0.242 e. The Labute approximate surface area is 161 Å². The summed E-state index contributed by atoms with van der Waals surface area (Å²) < 4.78 is 0. The van der Waals surface area contributed by atoms with Crippen molar-refractivity contribution in [2.75, 3.05) is 11.4 Å². The van der Waals surface area contributed by atoms with E-state index in [4.69, 9.17) is 0 Å². The summed E-state index contributed by atoms with van der Waals surface area (Å²) in [5.41, 5.74) is 2.05. The average molecular weight is 364 g/mol. The fourth-order valence-electron chi connectivity index (χ4n) is 3.79. The van der Waals surface area contributed by atoms with Gasteiger partial charge in [-0.3, -0.25) is 9.59 Å². The molecule has 0 saturated heterocycles. The lowest BCUT2D eigenvalue weighted by atomic mass is 9.88. The molecule has 1 heterocycles. The quantitative estimate of drug-likeness (QED) is 0.751. The van der Waals surface area contributed by atoms with Crippen molar-refractivity contribution in [2.24, 2.45) is 5.41 Å². The van der Waals surface area contributed by atoms with Crippen molar-refractivity contribution in [1.82, 2.24) is 4.90 Å². The number of nitrogens with zero attached hydrogens (tertiary/aromatic N) is 2. The molecular weight excluding hydrogens is 336 g/mol. The SMILES string of the molecule is CCN(Cc1ccccc1)C(=O)C(C)(C)C(=O)N1c2ccccc2CC1C. The van der Waals surface area contributed by atoms with E-state index in [1.807, 2.05) is 67.3 Å². The van der Waals surface area contributed by atoms with E-state index in [0.717, 1.165) is 17.7 Å². The van der Waals surface area contributed by atoms with Crippen LogP contribution in [0.1, 0.15) is 38.8 Å². The zero-order valence-electron chi connectivity index (χ0n) is 16.6. The van der Waals surface area contributed by atoms with E-state index in [2.05, 4.69) is 6.07 Å². The van der Waals surface area contributed by atoms with Crippen LogP contribution in [0.4, 0.5) is 5.69 Å². The van der Waals surface area contributed by atoms with Crippen molar-refractivity contribution in [3.8, 4) is 0 Å². The summed E-state index contributed by atoms with van der Waals surface area (Å²) in [6, 6.07) is 17.9. The molecule has 27 heavy (non-hydrogen) atoms. The molecule has 0 bridgehead atoms. The monoisotopic (exact) mass is 364 g/mol. The molecule has 0 radical (unpaired) electrons. The van der Waals surface area contributed by atoms with Gasteiger partial charge in [0.25, 0.3) is 0 Å². The summed E-state index contributed by atoms with van der Waals surface area (Å²) in [5, 5.41) is 0. The molecule has 1 aliphatic heterocycles. The second kappa shape index (κ2) is 7.55. The number of rotatable bonds is 5. The van der Waals surface area contributed by atoms with E-state index in [1.54, 1.807) is 18.7 Å². The van der Waals surface area contributed by atoms with Gasteiger partial charge in [0.15, 0.2) is 0 Å². The van der Waals surface area contributed by atoms with Gasteiger partial charge in [-0.15, -0.1) is 0 Å². The second-order valence-corrected chi connectivity index (χ2v) is 7.79. The van der Waals surface area contributed by atoms with Gasteiger partial charge in [-0.1, -0.05) is 48.5 Å². The number of para-hydroxylation sites is 1. The van der Waals surface area contributed by atoms with E-state index in [0.29, 0.717) is 13.1 Å². The minimum atomic E-state index is -1.11. The number of carbonyl (C=O) groups is 2. The van der Waals surface area contributed by atoms with Gasteiger partial charge >= 0.3 is 0 Å². The molecule has 1 atom stereocenters. The molecule has 0 N–H and O–H groups in total. The molecule has 2 aromatic rings. The Balaban J connectivity index is 1.84. The molecular formula is C23H28N2O2. The Morgan fingerprint density at radius 1 is 1.07 bits per heavy atom. The van der Waals surface area contributed by atoms with Crippen LogP contribution in [-0.2, 0) is 22.6 Å². The first kappa shape index (κ1) is 19.2. The van der Waals surface area contributed by atoms with E-state index >= 15 is 0 Å². The molecule has 4 nitrogen and oxygen atoms in total. The largest absolute Gasteiger partial charge is 0.338 e. The zero-order chi connectivity index (χ0) is 19.6. The highest BCUT2D eigenvalue weighted by molar-refractivity contribution is 6.12. The van der Waals surface area contributed by atoms with Crippen LogP contribution in [-0.4, -0.2) is 29.3 Å². The number of hydrogen-bond acceptors (Lipinski definition) is 2. The van der Waals surface area contributed by atoms with E-state index in [1.165, 1.54) is 5.56 Å². The highest BCUT2D eigenvalue weighted by Crippen LogP contribution is 2.36. The maximum Gasteiger partial charge on any atom is 0.242 e. The van der Waals surface area contributed by atoms with Crippen LogP contribution in [0.25, 0.3) is 0 Å². The number of amides is 2. The van der Waals surface area contributed by atoms with E-state index < -0.39 is 5.41 Å². The highest BCUT2D eigenvalue weighted by Gasteiger charge is 2.45. The Morgan fingerprint density at radius 3 is 2.37 bits per heavy atom. The maximum atomic E-state index is 13.4. The van der Waals surface area contributed by atoms with Gasteiger partial charge in [-0.2, -0.15) is 0 Å². The van der Waals surface area contributed by atoms with Crippen molar-refractivity contribution in [3.05, 3.63) is 65.7 Å². The fraction of sp³-hybridized carbons (Fsp3) is 0.391. The average Bonchev–Trinajstić information content (AvgIpc) is 3.01. The summed E-state index contributed by atoms with van der Waals surface area (Å²) in [6.45, 7) is 8.57. The molecule has 0 fully saturated rings. The lowest BCUT2D eigenvalue weighted by Crippen LogP contribution is -2.52. The van der Waals surface area contributed by atoms with Crippen LogP contribution in [0.2, 0.25) is 0 Å². The normalized spacial score (nSPS) is 16.1. The van der Waals surface area contributed by atoms with Crippen molar-refractivity contribution >= 4 is 17.5 Å². The molecule has 2 amide bonds. The van der Waals surface area contributed by atoms with Crippen molar-refractivity contribution in [2.45, 2.75) is 46.7 Å². The second-order valence-electron chi connectivity index (χ2n) is 7.79. The Kier molecular flexibility index (Phi) is 5.36. The molecule has 4 heteroatoms. The lowest BCUT2D eigenvalue weighted by Gasteiger charge is -2.35. The van der Waals surface area contributed by atoms with E-state index in [-0.39, 0.29) is 17.9 Å². The van der Waals surface area contributed by atoms with Crippen LogP contribution in [0, 0.1) is 5.41 Å². The van der Waals surface area contributed by atoms with Crippen LogP contribution in [0.3, 0.4) is 0 Å². The molecule has 0 aliphatic carbocycles. The molecule has 0 aromatic heterocycles. The van der Waals surface area contributed by atoms with Crippen molar-refractivity contribution < 1.29 is 9.59 Å². The summed E-state index contributed by atoms with van der Waals surface area (Å²) in [6.07, 6.45) is 0.827. The Hall–Kier alpha value is -2.62. The minimum Gasteiger partial charge on any atom is -0.338 e. The molecule has 0 saturated carbocycles. The van der Waals surface area contributed by atoms with Gasteiger partial charge < -0.3 is 9.80 Å². The maximum absolute atomic E-state index is 13.4. The van der Waals surface area contributed by atoms with Crippen LogP contribution < -0.4 is 4.90 Å². The molecule has 142 valence electrons. The number of hydrogen-bond donors (Lipinski definition) is 0. The first-order chi connectivity index (χ1) is 12.9. The van der Waals surface area contributed by atoms with Gasteiger partial charge in [-0.25, -0.2) is 0 Å². The zero-order valence-corrected chi connectivity index (χ0v) is 16.6. The molecule has 1 aliphatic rings. The van der Waals surface area contributed by atoms with Crippen LogP contribution in [0.5, 0.6) is 0 Å². The molecule has 1 unspecified atom stereocenters. The third kappa shape index (κ3) is 3.61. The summed E-state index contributed by atoms with van der Waals surface area (Å²) in [7, 11) is 0. The fourth-order valence-corrected chi connectivity index (χ4v) is 3.79. The summed E-state index contributed by atoms with van der Waals surface area (Å²) in [4.78, 5) is 30.3. The van der Waals surface area contributed by atoms with Crippen LogP contribution in [0.15, 0.2) is 54.6 Å². The van der Waals surface area contributed by atoms with Crippen molar-refractivity contribution in [1.29, 1.82) is 0 Å². The standard InChI is InChI=1S/C23H28N2O2/c1-5-24(16-18-11-7-6-8-12-18)21(26)23(3,4)22(27)25-17(2)15-19-13-9-10-14-20(19)25/h6-14,17H,5,15-16H2,1-4H3. The molecule has 0 spiro atoms. The van der Waals surface area contributed by atoms with Crippen molar-refractivity contribution in [3.63, 3.8) is 0 Å². The molecule has 2 aromatic carbocycles. The van der Waals surface area contributed by atoms with Gasteiger partial charge in [0.1, 0.15) is 5.41 Å². The lowest BCUT2D eigenvalue weighted by molar-refractivity contribution is -0.147. The highest BCUT2D eigenvalue weighted by atomic mass is 16.2. The van der Waals surface area contributed by atoms with Gasteiger partial charge in [0.05, 0.1) is 0 Å². The van der Waals surface area contributed by atoms with Crippen LogP contribution >= 0.6 is 0 Å². The Morgan fingerprint density at radius 2 is 1.70 bits per heavy atom. The topological polar surface area (TPSA) is 40.6 Å². The number of benzene rings is 2. The van der Waals surface area contributed by atoms with Gasteiger partial charge in [0, 0.05) is 24.8 Å². The number of anilines is 1. The van der Waals surface area contributed by atoms with E-state index in [9.17, 15) is 9.59 Å². The minimum absolute atomic E-state index is 0.0613. The predicted octanol–water partition coefficient (Wildman–Crippen LogP) is 4.04. The van der Waals surface area contributed by atoms with Gasteiger partial charge in [0.2, 0.25) is 11.8 Å². The third-order valence-corrected chi connectivity index (χ3v) is 5.38. The molecule has 3 rings (SSSR count). The third-order valence-electron chi connectivity index (χ3n) is 5.38. The Bertz CT molecular complexity index is 829. The number of fused-ring (bicyclic) bond motifs is 1. The summed E-state index contributed by atoms with van der Waals surface area (Å²) in [5.74, 6) is -0.258.